The first-order valence-electron chi connectivity index (χ1n) is 5.56. The van der Waals surface area contributed by atoms with E-state index in [4.69, 9.17) is 11.6 Å². The maximum atomic E-state index is 11.7. The number of fused-ring (bicyclic) bond motifs is 1. The van der Waals surface area contributed by atoms with Gasteiger partial charge in [-0.2, -0.15) is 0 Å². The van der Waals surface area contributed by atoms with Gasteiger partial charge in [-0.05, 0) is 32.0 Å². The maximum absolute atomic E-state index is 11.7. The predicted octanol–water partition coefficient (Wildman–Crippen LogP) is 3.79. The second-order valence-electron chi connectivity index (χ2n) is 4.24. The number of pyridine rings is 1. The van der Waals surface area contributed by atoms with E-state index in [1.54, 1.807) is 12.3 Å². The average Bonchev–Trinajstić information content (AvgIpc) is 2.27. The Kier molecular flexibility index (Phi) is 3.63. The number of nitrogens with one attached hydrogen (secondary N) is 1. The van der Waals surface area contributed by atoms with Gasteiger partial charge < -0.3 is 5.32 Å². The zero-order valence-corrected chi connectivity index (χ0v) is 11.0. The lowest BCUT2D eigenvalue weighted by Crippen LogP contribution is -2.09. The monoisotopic (exact) mass is 260 g/mol. The number of aromatic nitrogens is 1. The molecule has 0 aliphatic carbocycles. The lowest BCUT2D eigenvalue weighted by atomic mass is 10.2. The molecule has 1 aromatic heterocycles. The highest BCUT2D eigenvalue weighted by Gasteiger charge is 2.06. The number of halogens is 1. The van der Waals surface area contributed by atoms with E-state index in [-0.39, 0.29) is 5.91 Å². The highest BCUT2D eigenvalue weighted by molar-refractivity contribution is 6.32. The second kappa shape index (κ2) is 5.19. The van der Waals surface area contributed by atoms with Gasteiger partial charge in [0.25, 0.3) is 0 Å². The third-order valence-corrected chi connectivity index (χ3v) is 2.57. The quantitative estimate of drug-likeness (QED) is 0.835. The molecule has 0 atom stereocenters. The largest absolute Gasteiger partial charge is 0.321 e. The molecule has 18 heavy (non-hydrogen) atoms. The van der Waals surface area contributed by atoms with E-state index in [0.717, 1.165) is 16.5 Å². The molecule has 0 saturated carbocycles. The van der Waals surface area contributed by atoms with Crippen LogP contribution in [0.1, 0.15) is 13.8 Å². The number of hydrogen-bond acceptors (Lipinski definition) is 2. The standard InChI is InChI=1S/C14H13ClN2O/c1-9(2)6-13(18)17-12-8-11(15)7-10-4-3-5-16-14(10)12/h3-8H,1-2H3,(H,17,18). The van der Waals surface area contributed by atoms with Crippen molar-refractivity contribution in [1.82, 2.24) is 4.98 Å². The normalized spacial score (nSPS) is 10.2. The topological polar surface area (TPSA) is 42.0 Å². The van der Waals surface area contributed by atoms with Crippen molar-refractivity contribution in [2.75, 3.05) is 5.32 Å². The van der Waals surface area contributed by atoms with Crippen molar-refractivity contribution in [2.24, 2.45) is 0 Å². The van der Waals surface area contributed by atoms with Gasteiger partial charge in [0.15, 0.2) is 0 Å². The molecule has 2 rings (SSSR count). The molecule has 92 valence electrons. The Hall–Kier alpha value is -1.87. The summed E-state index contributed by atoms with van der Waals surface area (Å²) in [6.07, 6.45) is 3.22. The number of hydrogen-bond donors (Lipinski definition) is 1. The molecule has 0 saturated heterocycles. The van der Waals surface area contributed by atoms with E-state index in [1.165, 1.54) is 6.08 Å². The zero-order chi connectivity index (χ0) is 13.1. The summed E-state index contributed by atoms with van der Waals surface area (Å²) in [7, 11) is 0. The summed E-state index contributed by atoms with van der Waals surface area (Å²) < 4.78 is 0. The van der Waals surface area contributed by atoms with Gasteiger partial charge in [-0.25, -0.2) is 0 Å². The fourth-order valence-corrected chi connectivity index (χ4v) is 1.91. The number of anilines is 1. The summed E-state index contributed by atoms with van der Waals surface area (Å²) in [5.74, 6) is -0.177. The Balaban J connectivity index is 2.44. The first kappa shape index (κ1) is 12.6. The van der Waals surface area contributed by atoms with E-state index in [0.29, 0.717) is 10.7 Å². The second-order valence-corrected chi connectivity index (χ2v) is 4.68. The van der Waals surface area contributed by atoms with E-state index in [9.17, 15) is 4.79 Å². The molecule has 3 nitrogen and oxygen atoms in total. The number of carbonyl (C=O) groups is 1. The van der Waals surface area contributed by atoms with Crippen LogP contribution in [-0.2, 0) is 4.79 Å². The minimum atomic E-state index is -0.177. The minimum Gasteiger partial charge on any atom is -0.321 e. The van der Waals surface area contributed by atoms with Gasteiger partial charge in [0.1, 0.15) is 0 Å². The van der Waals surface area contributed by atoms with Gasteiger partial charge >= 0.3 is 0 Å². The molecule has 1 heterocycles. The lowest BCUT2D eigenvalue weighted by Gasteiger charge is -2.07. The van der Waals surface area contributed by atoms with Crippen molar-refractivity contribution in [3.63, 3.8) is 0 Å². The summed E-state index contributed by atoms with van der Waals surface area (Å²) in [5, 5.41) is 4.27. The Morgan fingerprint density at radius 3 is 2.89 bits per heavy atom. The van der Waals surface area contributed by atoms with Crippen LogP contribution in [0.25, 0.3) is 10.9 Å². The minimum absolute atomic E-state index is 0.177. The van der Waals surface area contributed by atoms with E-state index < -0.39 is 0 Å². The van der Waals surface area contributed by atoms with E-state index in [2.05, 4.69) is 10.3 Å². The maximum Gasteiger partial charge on any atom is 0.248 e. The molecule has 0 radical (unpaired) electrons. The van der Waals surface area contributed by atoms with Crippen LogP contribution in [0, 0.1) is 0 Å². The Labute approximate surface area is 110 Å². The van der Waals surface area contributed by atoms with Crippen LogP contribution >= 0.6 is 11.6 Å². The average molecular weight is 261 g/mol. The van der Waals surface area contributed by atoms with E-state index >= 15 is 0 Å². The molecule has 0 bridgehead atoms. The van der Waals surface area contributed by atoms with Crippen molar-refractivity contribution in [1.29, 1.82) is 0 Å². The highest BCUT2D eigenvalue weighted by atomic mass is 35.5. The Bertz CT molecular complexity index is 631. The number of carbonyl (C=O) groups excluding carboxylic acids is 1. The van der Waals surface area contributed by atoms with Gasteiger partial charge in [-0.1, -0.05) is 23.2 Å². The van der Waals surface area contributed by atoms with Crippen LogP contribution < -0.4 is 5.32 Å². The molecule has 1 amide bonds. The first-order valence-corrected chi connectivity index (χ1v) is 5.94. The molecule has 2 aromatic rings. The molecule has 4 heteroatoms. The fraction of sp³-hybridized carbons (Fsp3) is 0.143. The molecule has 0 spiro atoms. The van der Waals surface area contributed by atoms with Crippen LogP contribution in [0.3, 0.4) is 0 Å². The molecule has 0 fully saturated rings. The van der Waals surface area contributed by atoms with Crippen molar-refractivity contribution < 1.29 is 4.79 Å². The van der Waals surface area contributed by atoms with Gasteiger partial charge in [-0.15, -0.1) is 0 Å². The summed E-state index contributed by atoms with van der Waals surface area (Å²) in [6, 6.07) is 7.26. The third-order valence-electron chi connectivity index (χ3n) is 2.35. The number of amides is 1. The summed E-state index contributed by atoms with van der Waals surface area (Å²) in [5.41, 5.74) is 2.30. The van der Waals surface area contributed by atoms with E-state index in [1.807, 2.05) is 32.0 Å². The number of benzene rings is 1. The predicted molar refractivity (Wildman–Crippen MR) is 74.8 cm³/mol. The van der Waals surface area contributed by atoms with Crippen molar-refractivity contribution in [3.05, 3.63) is 47.1 Å². The molecule has 0 aliphatic rings. The smallest absolute Gasteiger partial charge is 0.248 e. The number of rotatable bonds is 2. The van der Waals surface area contributed by atoms with Crippen molar-refractivity contribution in [3.8, 4) is 0 Å². The molecule has 1 N–H and O–H groups in total. The fourth-order valence-electron chi connectivity index (χ4n) is 1.68. The van der Waals surface area contributed by atoms with Gasteiger partial charge in [0.05, 0.1) is 11.2 Å². The molecule has 1 aromatic carbocycles. The lowest BCUT2D eigenvalue weighted by molar-refractivity contribution is -0.111. The first-order chi connectivity index (χ1) is 8.56. The zero-order valence-electron chi connectivity index (χ0n) is 10.2. The van der Waals surface area contributed by atoms with Crippen molar-refractivity contribution in [2.45, 2.75) is 13.8 Å². The molecular formula is C14H13ClN2O. The highest BCUT2D eigenvalue weighted by Crippen LogP contribution is 2.26. The van der Waals surface area contributed by atoms with Crippen LogP contribution in [0.2, 0.25) is 5.02 Å². The van der Waals surface area contributed by atoms with Crippen LogP contribution in [0.5, 0.6) is 0 Å². The molecule has 0 unspecified atom stereocenters. The summed E-state index contributed by atoms with van der Waals surface area (Å²) in [4.78, 5) is 16.0. The van der Waals surface area contributed by atoms with Gasteiger partial charge in [0, 0.05) is 22.7 Å². The Morgan fingerprint density at radius 2 is 2.17 bits per heavy atom. The van der Waals surface area contributed by atoms with Crippen LogP contribution in [0.15, 0.2) is 42.1 Å². The third kappa shape index (κ3) is 2.87. The van der Waals surface area contributed by atoms with Gasteiger partial charge in [-0.3, -0.25) is 9.78 Å². The Morgan fingerprint density at radius 1 is 1.39 bits per heavy atom. The number of nitrogens with zero attached hydrogens (tertiary/aromatic N) is 1. The van der Waals surface area contributed by atoms with Gasteiger partial charge in [0.2, 0.25) is 5.91 Å². The number of allylic oxidation sites excluding steroid dienone is 1. The molecular weight excluding hydrogens is 248 g/mol. The SMILES string of the molecule is CC(C)=CC(=O)Nc1cc(Cl)cc2cccnc12. The van der Waals surface area contributed by atoms with Crippen molar-refractivity contribution >= 4 is 34.1 Å². The van der Waals surface area contributed by atoms with Crippen LogP contribution in [-0.4, -0.2) is 10.9 Å². The van der Waals surface area contributed by atoms with Crippen LogP contribution in [0.4, 0.5) is 5.69 Å². The molecule has 0 aliphatic heterocycles. The summed E-state index contributed by atoms with van der Waals surface area (Å²) >= 11 is 6.02. The summed E-state index contributed by atoms with van der Waals surface area (Å²) in [6.45, 7) is 3.74.